The Labute approximate surface area is 332 Å². The first-order valence-electron chi connectivity index (χ1n) is 19.3. The minimum atomic E-state index is -0.0759. The largest absolute Gasteiger partial charge is 0.485 e. The number of benzene rings is 7. The van der Waals surface area contributed by atoms with Gasteiger partial charge in [0.15, 0.2) is 17.5 Å². The number of fused-ring (bicyclic) bond motifs is 10. The van der Waals surface area contributed by atoms with Crippen molar-refractivity contribution < 1.29 is 4.74 Å². The van der Waals surface area contributed by atoms with Gasteiger partial charge in [-0.3, -0.25) is 0 Å². The third-order valence-electron chi connectivity index (χ3n) is 11.4. The molecule has 268 valence electrons. The van der Waals surface area contributed by atoms with Crippen LogP contribution < -0.4 is 4.74 Å². The van der Waals surface area contributed by atoms with Crippen LogP contribution in [0.3, 0.4) is 0 Å². The van der Waals surface area contributed by atoms with Crippen molar-refractivity contribution in [3.63, 3.8) is 0 Å². The van der Waals surface area contributed by atoms with Gasteiger partial charge < -0.3 is 9.30 Å². The van der Waals surface area contributed by atoms with E-state index in [-0.39, 0.29) is 12.0 Å². The monoisotopic (exact) mass is 748 g/mol. The molecule has 0 bridgehead atoms. The lowest BCUT2D eigenvalue weighted by Gasteiger charge is -2.21. The Bertz CT molecular complexity index is 3170. The van der Waals surface area contributed by atoms with Crippen LogP contribution in [0.1, 0.15) is 21.9 Å². The molecule has 0 spiro atoms. The van der Waals surface area contributed by atoms with Crippen LogP contribution in [0.2, 0.25) is 0 Å². The van der Waals surface area contributed by atoms with Gasteiger partial charge >= 0.3 is 0 Å². The van der Waals surface area contributed by atoms with Gasteiger partial charge in [0.1, 0.15) is 11.9 Å². The van der Waals surface area contributed by atoms with E-state index in [0.717, 1.165) is 43.9 Å². The van der Waals surface area contributed by atoms with Crippen LogP contribution in [0.4, 0.5) is 0 Å². The van der Waals surface area contributed by atoms with Gasteiger partial charge in [0.05, 0.1) is 17.0 Å². The second-order valence-electron chi connectivity index (χ2n) is 14.7. The van der Waals surface area contributed by atoms with Crippen LogP contribution in [-0.4, -0.2) is 25.6 Å². The second-order valence-corrected chi connectivity index (χ2v) is 15.7. The van der Waals surface area contributed by atoms with Crippen molar-refractivity contribution in [1.82, 2.24) is 19.5 Å². The second kappa shape index (κ2) is 12.7. The zero-order valence-electron chi connectivity index (χ0n) is 30.6. The standard InChI is InChI=1S/C51H32N4OS/c1-4-15-31(16-5-1)35-23-14-25-41-45(35)36-21-10-12-24-40(36)55(41)34-29-38-47-44(28-27-43-46(47)37-22-11-13-26-42(37)56-43)57-48(38)39(30-34)51-53-49(32-17-6-2-7-18-32)52-50(54-51)33-19-8-3-9-20-33/h1-30,43,46H. The molecule has 4 heterocycles. The molecular weight excluding hydrogens is 717 g/mol. The average Bonchev–Trinajstić information content (AvgIpc) is 3.96. The molecule has 0 saturated heterocycles. The summed E-state index contributed by atoms with van der Waals surface area (Å²) in [6.45, 7) is 0. The predicted molar refractivity (Wildman–Crippen MR) is 233 cm³/mol. The third-order valence-corrected chi connectivity index (χ3v) is 12.6. The maximum Gasteiger partial charge on any atom is 0.165 e. The Hall–Kier alpha value is -7.15. The summed E-state index contributed by atoms with van der Waals surface area (Å²) >= 11 is 1.81. The molecule has 5 nitrogen and oxygen atoms in total. The molecule has 6 heteroatoms. The maximum atomic E-state index is 6.58. The van der Waals surface area contributed by atoms with Gasteiger partial charge in [-0.2, -0.15) is 0 Å². The van der Waals surface area contributed by atoms with Gasteiger partial charge in [-0.05, 0) is 64.6 Å². The minimum Gasteiger partial charge on any atom is -0.485 e. The summed E-state index contributed by atoms with van der Waals surface area (Å²) in [5.74, 6) is 2.94. The van der Waals surface area contributed by atoms with Crippen LogP contribution in [0, 0.1) is 0 Å². The lowest BCUT2D eigenvalue weighted by atomic mass is 9.83. The zero-order valence-corrected chi connectivity index (χ0v) is 31.4. The van der Waals surface area contributed by atoms with E-state index in [0.29, 0.717) is 17.5 Å². The average molecular weight is 749 g/mol. The Balaban J connectivity index is 1.19. The van der Waals surface area contributed by atoms with E-state index < -0.39 is 0 Å². The molecule has 2 atom stereocenters. The summed E-state index contributed by atoms with van der Waals surface area (Å²) in [4.78, 5) is 16.9. The predicted octanol–water partition coefficient (Wildman–Crippen LogP) is 12.8. The number of nitrogens with zero attached hydrogens (tertiary/aromatic N) is 4. The molecule has 12 rings (SSSR count). The molecule has 2 aliphatic rings. The highest BCUT2D eigenvalue weighted by Crippen LogP contribution is 2.53. The van der Waals surface area contributed by atoms with Crippen molar-refractivity contribution in [1.29, 1.82) is 0 Å². The molecule has 1 aliphatic carbocycles. The Kier molecular flexibility index (Phi) is 7.16. The summed E-state index contributed by atoms with van der Waals surface area (Å²) in [6, 6.07) is 59.7. The molecule has 2 unspecified atom stereocenters. The highest BCUT2D eigenvalue weighted by Gasteiger charge is 2.39. The molecule has 0 N–H and O–H groups in total. The Morgan fingerprint density at radius 1 is 0.526 bits per heavy atom. The van der Waals surface area contributed by atoms with Crippen LogP contribution >= 0.6 is 11.3 Å². The van der Waals surface area contributed by atoms with E-state index in [2.05, 4.69) is 150 Å². The number of rotatable bonds is 5. The molecule has 0 fully saturated rings. The summed E-state index contributed by atoms with van der Waals surface area (Å²) in [7, 11) is 0. The van der Waals surface area contributed by atoms with Crippen LogP contribution in [0.25, 0.3) is 88.9 Å². The number of hydrogen-bond acceptors (Lipinski definition) is 5. The van der Waals surface area contributed by atoms with Gasteiger partial charge in [0, 0.05) is 48.3 Å². The van der Waals surface area contributed by atoms with Crippen molar-refractivity contribution >= 4 is 49.3 Å². The highest BCUT2D eigenvalue weighted by molar-refractivity contribution is 7.20. The third kappa shape index (κ3) is 5.04. The van der Waals surface area contributed by atoms with E-state index in [1.165, 1.54) is 43.3 Å². The summed E-state index contributed by atoms with van der Waals surface area (Å²) in [5.41, 5.74) is 11.1. The summed E-state index contributed by atoms with van der Waals surface area (Å²) in [5, 5.41) is 3.63. The molecule has 3 aromatic heterocycles. The SMILES string of the molecule is C1=CC2Oc3ccccc3C2c2c1sc1c(-c3nc(-c4ccccc4)nc(-c4ccccc4)n3)cc(-n3c4ccccc4c4c(-c5ccccc5)cccc43)cc21. The Morgan fingerprint density at radius 3 is 1.91 bits per heavy atom. The number of ether oxygens (including phenoxy) is 1. The van der Waals surface area contributed by atoms with Gasteiger partial charge in [0.2, 0.25) is 0 Å². The first-order valence-corrected chi connectivity index (χ1v) is 20.1. The van der Waals surface area contributed by atoms with Crippen molar-refractivity contribution in [3.05, 3.63) is 192 Å². The lowest BCUT2D eigenvalue weighted by molar-refractivity contribution is 0.268. The van der Waals surface area contributed by atoms with E-state index in [9.17, 15) is 0 Å². The number of hydrogen-bond donors (Lipinski definition) is 0. The fraction of sp³-hybridized carbons (Fsp3) is 0.0392. The minimum absolute atomic E-state index is 0.0685. The number of thiophene rings is 1. The Morgan fingerprint density at radius 2 is 1.16 bits per heavy atom. The van der Waals surface area contributed by atoms with E-state index in [4.69, 9.17) is 19.7 Å². The van der Waals surface area contributed by atoms with Crippen molar-refractivity contribution in [2.75, 3.05) is 0 Å². The number of aromatic nitrogens is 4. The molecule has 0 saturated carbocycles. The van der Waals surface area contributed by atoms with E-state index >= 15 is 0 Å². The topological polar surface area (TPSA) is 52.8 Å². The molecular formula is C51H32N4OS. The van der Waals surface area contributed by atoms with Crippen LogP contribution in [0.15, 0.2) is 176 Å². The molecule has 10 aromatic rings. The van der Waals surface area contributed by atoms with Crippen molar-refractivity contribution in [3.8, 4) is 56.7 Å². The van der Waals surface area contributed by atoms with Crippen molar-refractivity contribution in [2.24, 2.45) is 0 Å². The van der Waals surface area contributed by atoms with Gasteiger partial charge in [0.25, 0.3) is 0 Å². The van der Waals surface area contributed by atoms with Crippen molar-refractivity contribution in [2.45, 2.75) is 12.0 Å². The lowest BCUT2D eigenvalue weighted by Crippen LogP contribution is -2.19. The van der Waals surface area contributed by atoms with E-state index in [1.54, 1.807) is 0 Å². The molecule has 57 heavy (non-hydrogen) atoms. The van der Waals surface area contributed by atoms with Gasteiger partial charge in [-0.1, -0.05) is 140 Å². The molecule has 0 radical (unpaired) electrons. The first kappa shape index (κ1) is 32.1. The smallest absolute Gasteiger partial charge is 0.165 e. The molecule has 0 amide bonds. The number of para-hydroxylation sites is 2. The van der Waals surface area contributed by atoms with E-state index in [1.807, 2.05) is 47.7 Å². The fourth-order valence-corrected chi connectivity index (χ4v) is 10.2. The van der Waals surface area contributed by atoms with Gasteiger partial charge in [-0.15, -0.1) is 11.3 Å². The fourth-order valence-electron chi connectivity index (χ4n) is 8.93. The van der Waals surface area contributed by atoms with Crippen LogP contribution in [0.5, 0.6) is 5.75 Å². The highest BCUT2D eigenvalue weighted by atomic mass is 32.1. The van der Waals surface area contributed by atoms with Gasteiger partial charge in [-0.25, -0.2) is 15.0 Å². The van der Waals surface area contributed by atoms with Crippen LogP contribution in [-0.2, 0) is 0 Å². The first-order chi connectivity index (χ1) is 28.3. The quantitative estimate of drug-likeness (QED) is 0.176. The molecule has 7 aromatic carbocycles. The summed E-state index contributed by atoms with van der Waals surface area (Å²) < 4.78 is 10.2. The molecule has 1 aliphatic heterocycles. The summed E-state index contributed by atoms with van der Waals surface area (Å²) in [6.07, 6.45) is 4.40. The maximum absolute atomic E-state index is 6.58. The zero-order chi connectivity index (χ0) is 37.5. The normalized spacial score (nSPS) is 15.4.